The van der Waals surface area contributed by atoms with E-state index in [2.05, 4.69) is 4.99 Å². The van der Waals surface area contributed by atoms with Gasteiger partial charge in [-0.2, -0.15) is 9.30 Å². The van der Waals surface area contributed by atoms with Crippen LogP contribution in [0.3, 0.4) is 0 Å². The molecule has 1 aromatic heterocycles. The van der Waals surface area contributed by atoms with Crippen LogP contribution in [0, 0.1) is 6.92 Å². The van der Waals surface area contributed by atoms with E-state index in [0.29, 0.717) is 16.9 Å². The molecule has 2 aromatic carbocycles. The number of benzene rings is 2. The summed E-state index contributed by atoms with van der Waals surface area (Å²) in [5, 5.41) is 0. The molecule has 0 bridgehead atoms. The number of carbonyl (C=O) groups is 1. The molecule has 1 amide bonds. The molecule has 4 rings (SSSR count). The smallest absolute Gasteiger partial charge is 0.279 e. The van der Waals surface area contributed by atoms with Crippen LogP contribution in [-0.2, 0) is 17.1 Å². The number of hydrogen-bond donors (Lipinski definition) is 0. The van der Waals surface area contributed by atoms with Gasteiger partial charge in [-0.05, 0) is 62.6 Å². The van der Waals surface area contributed by atoms with Gasteiger partial charge in [0.05, 0.1) is 15.1 Å². The van der Waals surface area contributed by atoms with Crippen LogP contribution in [0.1, 0.15) is 42.1 Å². The van der Waals surface area contributed by atoms with Crippen molar-refractivity contribution in [2.75, 3.05) is 6.54 Å². The average Bonchev–Trinajstić information content (AvgIpc) is 3.05. The zero-order valence-corrected chi connectivity index (χ0v) is 19.0. The molecule has 0 N–H and O–H groups in total. The maximum atomic E-state index is 13.0. The number of fused-ring (bicyclic) bond motifs is 1. The summed E-state index contributed by atoms with van der Waals surface area (Å²) in [6.07, 6.45) is 2.81. The second kappa shape index (κ2) is 8.09. The number of amides is 1. The molecule has 1 atom stereocenters. The van der Waals surface area contributed by atoms with Crippen LogP contribution >= 0.6 is 11.3 Å². The standard InChI is InChI=1S/C22H25N3O3S2/c1-15-7-6-9-19-20(15)24(3)22(29-19)23-21(26)17-10-12-18(13-11-17)30(27,28)25-14-5-4-8-16(25)2/h6-7,9-13,16H,4-5,8,14H2,1-3H3/t16-/m0/s1. The van der Waals surface area contributed by atoms with Gasteiger partial charge in [-0.15, -0.1) is 0 Å². The van der Waals surface area contributed by atoms with Crippen molar-refractivity contribution in [3.05, 3.63) is 58.4 Å². The summed E-state index contributed by atoms with van der Waals surface area (Å²) < 4.78 is 30.5. The number of aromatic nitrogens is 1. The van der Waals surface area contributed by atoms with Crippen molar-refractivity contribution in [3.8, 4) is 0 Å². The Morgan fingerprint density at radius 3 is 2.53 bits per heavy atom. The Morgan fingerprint density at radius 2 is 1.87 bits per heavy atom. The number of para-hydroxylation sites is 1. The normalized spacial score (nSPS) is 18.8. The molecule has 1 aliphatic heterocycles. The number of hydrogen-bond acceptors (Lipinski definition) is 4. The summed E-state index contributed by atoms with van der Waals surface area (Å²) in [5.41, 5.74) is 2.56. The fourth-order valence-electron chi connectivity index (χ4n) is 3.99. The molecule has 1 saturated heterocycles. The molecule has 30 heavy (non-hydrogen) atoms. The molecule has 3 aromatic rings. The van der Waals surface area contributed by atoms with Gasteiger partial charge in [0, 0.05) is 25.2 Å². The Morgan fingerprint density at radius 1 is 1.13 bits per heavy atom. The van der Waals surface area contributed by atoms with Crippen molar-refractivity contribution >= 4 is 37.5 Å². The number of sulfonamides is 1. The Labute approximate surface area is 180 Å². The van der Waals surface area contributed by atoms with E-state index < -0.39 is 10.0 Å². The SMILES string of the molecule is Cc1cccc2sc(=NC(=O)c3ccc(S(=O)(=O)N4CCCC[C@@H]4C)cc3)n(C)c12. The monoisotopic (exact) mass is 443 g/mol. The molecular weight excluding hydrogens is 418 g/mol. The minimum absolute atomic E-state index is 0.00326. The summed E-state index contributed by atoms with van der Waals surface area (Å²) in [6.45, 7) is 4.52. The second-order valence-electron chi connectivity index (χ2n) is 7.77. The zero-order valence-electron chi connectivity index (χ0n) is 17.3. The fraction of sp³-hybridized carbons (Fsp3) is 0.364. The molecule has 0 unspecified atom stereocenters. The summed E-state index contributed by atoms with van der Waals surface area (Å²) in [4.78, 5) is 17.8. The van der Waals surface area contributed by atoms with Crippen molar-refractivity contribution in [2.45, 2.75) is 44.0 Å². The lowest BCUT2D eigenvalue weighted by molar-refractivity contribution is 0.0998. The second-order valence-corrected chi connectivity index (χ2v) is 10.7. The van der Waals surface area contributed by atoms with Gasteiger partial charge < -0.3 is 4.57 Å². The molecule has 1 fully saturated rings. The summed E-state index contributed by atoms with van der Waals surface area (Å²) in [6, 6.07) is 12.1. The number of aryl methyl sites for hydroxylation is 2. The van der Waals surface area contributed by atoms with Crippen molar-refractivity contribution in [1.82, 2.24) is 8.87 Å². The van der Waals surface area contributed by atoms with E-state index in [1.165, 1.54) is 23.5 Å². The zero-order chi connectivity index (χ0) is 21.5. The summed E-state index contributed by atoms with van der Waals surface area (Å²) in [7, 11) is -1.66. The van der Waals surface area contributed by atoms with E-state index in [-0.39, 0.29) is 16.8 Å². The van der Waals surface area contributed by atoms with Gasteiger partial charge in [0.15, 0.2) is 4.80 Å². The minimum atomic E-state index is -3.55. The van der Waals surface area contributed by atoms with Crippen LogP contribution in [0.4, 0.5) is 0 Å². The van der Waals surface area contributed by atoms with Crippen LogP contribution < -0.4 is 4.80 Å². The molecule has 0 aliphatic carbocycles. The van der Waals surface area contributed by atoms with Gasteiger partial charge in [-0.1, -0.05) is 29.9 Å². The maximum Gasteiger partial charge on any atom is 0.279 e. The van der Waals surface area contributed by atoms with Crippen molar-refractivity contribution in [2.24, 2.45) is 12.0 Å². The molecular formula is C22H25N3O3S2. The molecule has 0 spiro atoms. The van der Waals surface area contributed by atoms with Crippen molar-refractivity contribution in [3.63, 3.8) is 0 Å². The minimum Gasteiger partial charge on any atom is -0.319 e. The van der Waals surface area contributed by atoms with Crippen LogP contribution in [0.2, 0.25) is 0 Å². The fourth-order valence-corrected chi connectivity index (χ4v) is 6.78. The Hall–Kier alpha value is -2.29. The first-order valence-corrected chi connectivity index (χ1v) is 12.3. The highest BCUT2D eigenvalue weighted by Gasteiger charge is 2.30. The number of thiazole rings is 1. The largest absolute Gasteiger partial charge is 0.319 e. The van der Waals surface area contributed by atoms with Gasteiger partial charge in [0.1, 0.15) is 0 Å². The molecule has 1 aliphatic rings. The predicted octanol–water partition coefficient (Wildman–Crippen LogP) is 3.85. The number of nitrogens with zero attached hydrogens (tertiary/aromatic N) is 3. The van der Waals surface area contributed by atoms with E-state index in [9.17, 15) is 13.2 Å². The van der Waals surface area contributed by atoms with E-state index in [1.807, 2.05) is 43.7 Å². The van der Waals surface area contributed by atoms with Crippen molar-refractivity contribution in [1.29, 1.82) is 0 Å². The predicted molar refractivity (Wildman–Crippen MR) is 119 cm³/mol. The van der Waals surface area contributed by atoms with E-state index in [1.54, 1.807) is 16.4 Å². The number of piperidine rings is 1. The highest BCUT2D eigenvalue weighted by molar-refractivity contribution is 7.89. The molecule has 0 saturated carbocycles. The third kappa shape index (κ3) is 3.75. The van der Waals surface area contributed by atoms with Crippen LogP contribution in [0.25, 0.3) is 10.2 Å². The van der Waals surface area contributed by atoms with Crippen LogP contribution in [0.15, 0.2) is 52.4 Å². The topological polar surface area (TPSA) is 71.7 Å². The lowest BCUT2D eigenvalue weighted by atomic mass is 10.1. The Bertz CT molecular complexity index is 1270. The average molecular weight is 444 g/mol. The van der Waals surface area contributed by atoms with Gasteiger partial charge in [0.25, 0.3) is 5.91 Å². The van der Waals surface area contributed by atoms with Gasteiger partial charge in [-0.25, -0.2) is 8.42 Å². The highest BCUT2D eigenvalue weighted by atomic mass is 32.2. The van der Waals surface area contributed by atoms with Gasteiger partial charge >= 0.3 is 0 Å². The molecule has 0 radical (unpaired) electrons. The quantitative estimate of drug-likeness (QED) is 0.617. The lowest BCUT2D eigenvalue weighted by Gasteiger charge is -2.32. The third-order valence-electron chi connectivity index (χ3n) is 5.67. The first-order valence-electron chi connectivity index (χ1n) is 10.0. The molecule has 6 nitrogen and oxygen atoms in total. The molecule has 2 heterocycles. The van der Waals surface area contributed by atoms with Gasteiger partial charge in [0.2, 0.25) is 10.0 Å². The molecule has 8 heteroatoms. The lowest BCUT2D eigenvalue weighted by Crippen LogP contribution is -2.41. The van der Waals surface area contributed by atoms with Gasteiger partial charge in [-0.3, -0.25) is 4.79 Å². The third-order valence-corrected chi connectivity index (χ3v) is 8.80. The number of rotatable bonds is 3. The van der Waals surface area contributed by atoms with Crippen LogP contribution in [0.5, 0.6) is 0 Å². The van der Waals surface area contributed by atoms with Crippen molar-refractivity contribution < 1.29 is 13.2 Å². The van der Waals surface area contributed by atoms with E-state index in [0.717, 1.165) is 35.0 Å². The maximum absolute atomic E-state index is 13.0. The number of carbonyl (C=O) groups excluding carboxylic acids is 1. The Balaban J connectivity index is 1.63. The summed E-state index contributed by atoms with van der Waals surface area (Å²) in [5.74, 6) is -0.384. The first kappa shape index (κ1) is 21.0. The highest BCUT2D eigenvalue weighted by Crippen LogP contribution is 2.25. The van der Waals surface area contributed by atoms with E-state index in [4.69, 9.17) is 0 Å². The molecule has 158 valence electrons. The summed E-state index contributed by atoms with van der Waals surface area (Å²) >= 11 is 1.46. The first-order chi connectivity index (χ1) is 14.3. The van der Waals surface area contributed by atoms with E-state index >= 15 is 0 Å². The Kier molecular flexibility index (Phi) is 5.65. The van der Waals surface area contributed by atoms with Crippen LogP contribution in [-0.4, -0.2) is 35.8 Å².